The molecule has 0 aromatic heterocycles. The third-order valence-electron chi connectivity index (χ3n) is 19.8. The summed E-state index contributed by atoms with van der Waals surface area (Å²) < 4.78 is 0. The summed E-state index contributed by atoms with van der Waals surface area (Å²) in [4.78, 5) is 0. The zero-order chi connectivity index (χ0) is 52.6. The highest BCUT2D eigenvalue weighted by molar-refractivity contribution is 4.89. The molecule has 0 aliphatic heterocycles. The van der Waals surface area contributed by atoms with E-state index in [9.17, 15) is 0 Å². The van der Waals surface area contributed by atoms with Gasteiger partial charge in [-0.05, 0) is 173 Å². The van der Waals surface area contributed by atoms with Gasteiger partial charge in [-0.2, -0.15) is 0 Å². The van der Waals surface area contributed by atoms with E-state index in [1.165, 1.54) is 141 Å². The number of hydrogen-bond donors (Lipinski definition) is 0. The predicted molar refractivity (Wildman–Crippen MR) is 353 cm³/mol. The summed E-state index contributed by atoms with van der Waals surface area (Å²) in [7, 11) is 0. The van der Waals surface area contributed by atoms with Crippen LogP contribution >= 0.6 is 0 Å². The summed E-state index contributed by atoms with van der Waals surface area (Å²) in [6, 6.07) is 0. The Morgan fingerprint density at radius 3 is 0.838 bits per heavy atom. The maximum atomic E-state index is 2.45. The molecule has 0 spiro atoms. The Kier molecular flexibility index (Phi) is 43.6. The van der Waals surface area contributed by atoms with E-state index in [0.717, 1.165) is 82.9 Å². The van der Waals surface area contributed by atoms with Crippen LogP contribution in [0.4, 0.5) is 0 Å². The van der Waals surface area contributed by atoms with Gasteiger partial charge in [0.05, 0.1) is 0 Å². The quantitative estimate of drug-likeness (QED) is 0.227. The molecule has 6 fully saturated rings. The van der Waals surface area contributed by atoms with Crippen LogP contribution in [0.25, 0.3) is 0 Å². The summed E-state index contributed by atoms with van der Waals surface area (Å²) in [6.45, 7) is 62.4. The average Bonchev–Trinajstić information content (AvgIpc) is 3.17. The molecule has 6 saturated carbocycles. The van der Waals surface area contributed by atoms with Crippen LogP contribution in [0.3, 0.4) is 0 Å². The summed E-state index contributed by atoms with van der Waals surface area (Å²) in [5, 5.41) is 0. The van der Waals surface area contributed by atoms with Crippen LogP contribution in [-0.2, 0) is 0 Å². The highest BCUT2D eigenvalue weighted by Gasteiger charge is 2.39. The lowest BCUT2D eigenvalue weighted by Gasteiger charge is -2.45. The molecule has 0 heteroatoms. The van der Waals surface area contributed by atoms with Crippen molar-refractivity contribution in [3.05, 3.63) is 0 Å². The molecule has 0 aromatic carbocycles. The van der Waals surface area contributed by atoms with E-state index in [2.05, 4.69) is 180 Å². The van der Waals surface area contributed by atoms with Crippen LogP contribution in [0.15, 0.2) is 0 Å². The van der Waals surface area contributed by atoms with Gasteiger partial charge in [0.15, 0.2) is 0 Å². The number of rotatable bonds is 0. The maximum absolute atomic E-state index is 2.45. The summed E-state index contributed by atoms with van der Waals surface area (Å²) in [5.74, 6) is 13.4. The van der Waals surface area contributed by atoms with E-state index in [4.69, 9.17) is 0 Å². The van der Waals surface area contributed by atoms with Crippen molar-refractivity contribution in [3.63, 3.8) is 0 Å². The first-order valence-corrected chi connectivity index (χ1v) is 30.9. The molecular formula is C74H160. The highest BCUT2D eigenvalue weighted by Crippen LogP contribution is 2.48. The topological polar surface area (TPSA) is 0 Å². The smallest absolute Gasteiger partial charge is 0.0314 e. The van der Waals surface area contributed by atoms with Crippen molar-refractivity contribution in [1.82, 2.24) is 0 Å². The fraction of sp³-hybridized carbons (Fsp3) is 1.00. The third-order valence-corrected chi connectivity index (χ3v) is 19.8. The molecule has 6 aliphatic carbocycles. The van der Waals surface area contributed by atoms with Crippen molar-refractivity contribution < 1.29 is 0 Å². The van der Waals surface area contributed by atoms with Gasteiger partial charge in [0.25, 0.3) is 0 Å². The molecule has 6 aliphatic rings. The number of hydrogen-bond acceptors (Lipinski definition) is 0. The van der Waals surface area contributed by atoms with Gasteiger partial charge in [-0.15, -0.1) is 0 Å². The average molecular weight is 1050 g/mol. The van der Waals surface area contributed by atoms with Gasteiger partial charge in [0, 0.05) is 0 Å². The van der Waals surface area contributed by atoms with Gasteiger partial charge in [0.2, 0.25) is 0 Å². The van der Waals surface area contributed by atoms with Crippen molar-refractivity contribution in [1.29, 1.82) is 0 Å². The first kappa shape index (κ1) is 85.3. The molecule has 8 atom stereocenters. The molecule has 0 N–H and O–H groups in total. The fourth-order valence-corrected chi connectivity index (χ4v) is 16.2. The Bertz CT molecular complexity index is 1240. The molecule has 0 bridgehead atoms. The zero-order valence-corrected chi connectivity index (χ0v) is 52.6. The molecule has 0 nitrogen and oxygen atoms in total. The Morgan fingerprint density at radius 2 is 0.541 bits per heavy atom. The van der Waals surface area contributed by atoms with E-state index in [1.54, 1.807) is 0 Å². The molecule has 74 heavy (non-hydrogen) atoms. The predicted octanol–water partition coefficient (Wildman–Crippen LogP) is 27.5. The van der Waals surface area contributed by atoms with Crippen LogP contribution in [0.5, 0.6) is 0 Å². The van der Waals surface area contributed by atoms with Gasteiger partial charge >= 0.3 is 0 Å². The lowest BCUT2D eigenvalue weighted by atomic mass is 9.60. The van der Waals surface area contributed by atoms with Crippen molar-refractivity contribution in [2.24, 2.45) is 115 Å². The first-order chi connectivity index (χ1) is 30.9. The first-order valence-electron chi connectivity index (χ1n) is 30.9. The minimum Gasteiger partial charge on any atom is -0.0776 e. The maximum Gasteiger partial charge on any atom is -0.0314 e. The zero-order valence-electron chi connectivity index (χ0n) is 52.6. The van der Waals surface area contributed by atoms with Crippen molar-refractivity contribution >= 4 is 0 Å². The second-order valence-corrected chi connectivity index (χ2v) is 32.8. The van der Waals surface area contributed by atoms with Crippen molar-refractivity contribution in [2.45, 2.75) is 366 Å². The molecule has 456 valence electrons. The van der Waals surface area contributed by atoms with E-state index in [-0.39, 0.29) is 44.6 Å². The Hall–Kier alpha value is 0. The molecule has 0 saturated heterocycles. The van der Waals surface area contributed by atoms with Crippen molar-refractivity contribution in [3.8, 4) is 0 Å². The van der Waals surface area contributed by atoms with E-state index < -0.39 is 0 Å². The molecule has 6 rings (SSSR count). The summed E-state index contributed by atoms with van der Waals surface area (Å²) in [6.07, 6.45) is 32.2. The minimum atomic E-state index is 0. The van der Waals surface area contributed by atoms with E-state index in [0.29, 0.717) is 32.5 Å². The molecule has 8 unspecified atom stereocenters. The monoisotopic (exact) mass is 1050 g/mol. The second-order valence-electron chi connectivity index (χ2n) is 32.8. The summed E-state index contributed by atoms with van der Waals surface area (Å²) >= 11 is 0. The standard InChI is InChI=1S/C13H26.C12H24.3C11H22.C10H20.6CH4/c1-9-7-10(2)12(11(3)8-9)13(4,5)6;1-9-7-6-8-10(2)11(9)12(3,4)5;1-9-5-7-10(8-6-9)11(2,3)4;1-9-6-5-7-10(8-9)11(2,3)4;1-9-7-5-6-8-10(9)11(2,3)4;1-10(2,3)9-7-5-4-6-8-9;;;;;;/h9-12H,7-8H2,1-6H3;9-11H,6-8H2,1-5H3;3*9-10H,5-8H2,1-4H3;9H,4-8H2,1-3H3;6*1H4. The lowest BCUT2D eigenvalue weighted by molar-refractivity contribution is 0.0425. The molecular weight excluding hydrogens is 889 g/mol. The van der Waals surface area contributed by atoms with Gasteiger partial charge in [-0.1, -0.05) is 308 Å². The molecule has 0 aromatic rings. The summed E-state index contributed by atoms with van der Waals surface area (Å²) in [5.41, 5.74) is 3.23. The van der Waals surface area contributed by atoms with Crippen LogP contribution in [0.2, 0.25) is 0 Å². The Balaban J connectivity index is -0.000000185. The minimum absolute atomic E-state index is 0. The highest BCUT2D eigenvalue weighted by atomic mass is 14.4. The van der Waals surface area contributed by atoms with Gasteiger partial charge in [-0.25, -0.2) is 0 Å². The molecule has 0 amide bonds. The largest absolute Gasteiger partial charge is 0.0776 e. The SMILES string of the molecule is C.C.C.C.C.C.CC(C)(C)C1CCCCC1.CC1CC(C)C(C(C)(C)C)C(C)C1.CC1CCC(C(C)(C)C)CC1.CC1CCCC(C(C)(C)C)C1.CC1CCCC(C)C1C(C)(C)C.CC1CCCCC1C(C)(C)C. The van der Waals surface area contributed by atoms with Crippen molar-refractivity contribution in [2.75, 3.05) is 0 Å². The van der Waals surface area contributed by atoms with Gasteiger partial charge in [0.1, 0.15) is 0 Å². The lowest BCUT2D eigenvalue weighted by Crippen LogP contribution is -2.37. The van der Waals surface area contributed by atoms with Crippen LogP contribution < -0.4 is 0 Å². The normalized spacial score (nSPS) is 31.8. The van der Waals surface area contributed by atoms with Crippen LogP contribution in [0, 0.1) is 115 Å². The fourth-order valence-electron chi connectivity index (χ4n) is 16.2. The Labute approximate surface area is 478 Å². The van der Waals surface area contributed by atoms with E-state index >= 15 is 0 Å². The second kappa shape index (κ2) is 37.8. The molecule has 0 radical (unpaired) electrons. The van der Waals surface area contributed by atoms with Gasteiger partial charge in [-0.3, -0.25) is 0 Å². The van der Waals surface area contributed by atoms with Crippen LogP contribution in [-0.4, -0.2) is 0 Å². The van der Waals surface area contributed by atoms with Gasteiger partial charge < -0.3 is 0 Å². The Morgan fingerprint density at radius 1 is 0.216 bits per heavy atom. The van der Waals surface area contributed by atoms with Crippen LogP contribution in [0.1, 0.15) is 366 Å². The third kappa shape index (κ3) is 32.9. The van der Waals surface area contributed by atoms with E-state index in [1.807, 2.05) is 0 Å². The molecule has 0 heterocycles.